The van der Waals surface area contributed by atoms with E-state index in [9.17, 15) is 14.6 Å². The van der Waals surface area contributed by atoms with E-state index in [4.69, 9.17) is 0 Å². The van der Waals surface area contributed by atoms with E-state index in [0.29, 0.717) is 11.1 Å². The number of thioether (sulfide) groups is 1. The highest BCUT2D eigenvalue weighted by Crippen LogP contribution is 2.33. The summed E-state index contributed by atoms with van der Waals surface area (Å²) in [6.07, 6.45) is -1.17. The lowest BCUT2D eigenvalue weighted by atomic mass is 10.1. The molecule has 0 aliphatic heterocycles. The predicted molar refractivity (Wildman–Crippen MR) is 68.8 cm³/mol. The van der Waals surface area contributed by atoms with Crippen LogP contribution in [0.2, 0.25) is 0 Å². The van der Waals surface area contributed by atoms with E-state index in [-0.39, 0.29) is 11.1 Å². The zero-order valence-corrected chi connectivity index (χ0v) is 11.4. The van der Waals surface area contributed by atoms with Crippen LogP contribution >= 0.6 is 11.8 Å². The van der Waals surface area contributed by atoms with Gasteiger partial charge in [-0.2, -0.15) is 0 Å². The topological polar surface area (TPSA) is 40.5 Å². The van der Waals surface area contributed by atoms with Crippen molar-refractivity contribution >= 4 is 11.8 Å². The molecule has 4 heteroatoms. The SMILES string of the molecule is Cc1cc(SC(C)C(C)O)c([C@H](C)O)cc1F. The standard InChI is InChI=1S/C13H19FO2S/c1-7-5-13(17-10(4)8(2)15)11(9(3)16)6-12(7)14/h5-6,8-10,15-16H,1-4H3/t8?,9-,10?/m0/s1. The monoisotopic (exact) mass is 258 g/mol. The molecular formula is C13H19FO2S. The molecule has 0 amide bonds. The number of rotatable bonds is 4. The van der Waals surface area contributed by atoms with Crippen molar-refractivity contribution in [3.05, 3.63) is 29.1 Å². The van der Waals surface area contributed by atoms with Gasteiger partial charge in [-0.05, 0) is 44.0 Å². The number of hydrogen-bond acceptors (Lipinski definition) is 3. The quantitative estimate of drug-likeness (QED) is 0.815. The Bertz CT molecular complexity index is 391. The van der Waals surface area contributed by atoms with Crippen LogP contribution in [0.1, 0.15) is 38.0 Å². The lowest BCUT2D eigenvalue weighted by Crippen LogP contribution is -2.15. The molecular weight excluding hydrogens is 239 g/mol. The third-order valence-corrected chi connectivity index (χ3v) is 4.11. The summed E-state index contributed by atoms with van der Waals surface area (Å²) < 4.78 is 13.4. The lowest BCUT2D eigenvalue weighted by Gasteiger charge is -2.18. The van der Waals surface area contributed by atoms with Crippen LogP contribution in [0.5, 0.6) is 0 Å². The summed E-state index contributed by atoms with van der Waals surface area (Å²) in [4.78, 5) is 0.826. The zero-order chi connectivity index (χ0) is 13.2. The lowest BCUT2D eigenvalue weighted by molar-refractivity contribution is 0.193. The maximum absolute atomic E-state index is 13.4. The van der Waals surface area contributed by atoms with Crippen molar-refractivity contribution in [2.24, 2.45) is 0 Å². The zero-order valence-electron chi connectivity index (χ0n) is 10.6. The van der Waals surface area contributed by atoms with Crippen LogP contribution in [0.4, 0.5) is 4.39 Å². The molecule has 0 spiro atoms. The van der Waals surface area contributed by atoms with Gasteiger partial charge in [-0.3, -0.25) is 0 Å². The van der Waals surface area contributed by atoms with Gasteiger partial charge in [-0.25, -0.2) is 4.39 Å². The minimum Gasteiger partial charge on any atom is -0.392 e. The summed E-state index contributed by atoms with van der Waals surface area (Å²) in [6.45, 7) is 6.93. The highest BCUT2D eigenvalue weighted by molar-refractivity contribution is 8.00. The summed E-state index contributed by atoms with van der Waals surface area (Å²) >= 11 is 1.45. The van der Waals surface area contributed by atoms with Crippen molar-refractivity contribution in [3.63, 3.8) is 0 Å². The molecule has 3 atom stereocenters. The number of benzene rings is 1. The average molecular weight is 258 g/mol. The fourth-order valence-corrected chi connectivity index (χ4v) is 2.61. The first-order valence-corrected chi connectivity index (χ1v) is 6.53. The van der Waals surface area contributed by atoms with Crippen molar-refractivity contribution in [1.82, 2.24) is 0 Å². The van der Waals surface area contributed by atoms with E-state index in [2.05, 4.69) is 0 Å². The van der Waals surface area contributed by atoms with Gasteiger partial charge in [0.15, 0.2) is 0 Å². The number of hydrogen-bond donors (Lipinski definition) is 2. The first-order valence-electron chi connectivity index (χ1n) is 5.65. The minimum absolute atomic E-state index is 0.00244. The summed E-state index contributed by atoms with van der Waals surface area (Å²) in [6, 6.07) is 3.10. The fourth-order valence-electron chi connectivity index (χ4n) is 1.40. The molecule has 1 rings (SSSR count). The van der Waals surface area contributed by atoms with Crippen LogP contribution in [0, 0.1) is 12.7 Å². The van der Waals surface area contributed by atoms with Crippen LogP contribution in [-0.2, 0) is 0 Å². The molecule has 0 saturated heterocycles. The number of aliphatic hydroxyl groups excluding tert-OH is 2. The molecule has 2 unspecified atom stereocenters. The smallest absolute Gasteiger partial charge is 0.126 e. The van der Waals surface area contributed by atoms with E-state index in [0.717, 1.165) is 4.90 Å². The van der Waals surface area contributed by atoms with Crippen molar-refractivity contribution in [2.45, 2.75) is 50.0 Å². The Morgan fingerprint density at radius 3 is 2.24 bits per heavy atom. The van der Waals surface area contributed by atoms with Crippen LogP contribution in [0.15, 0.2) is 17.0 Å². The molecule has 1 aromatic rings. The molecule has 96 valence electrons. The van der Waals surface area contributed by atoms with Crippen molar-refractivity contribution < 1.29 is 14.6 Å². The Morgan fingerprint density at radius 2 is 1.76 bits per heavy atom. The van der Waals surface area contributed by atoms with Gasteiger partial charge in [0.1, 0.15) is 5.82 Å². The van der Waals surface area contributed by atoms with Crippen LogP contribution < -0.4 is 0 Å². The highest BCUT2D eigenvalue weighted by Gasteiger charge is 2.17. The molecule has 0 saturated carbocycles. The van der Waals surface area contributed by atoms with Crippen molar-refractivity contribution in [2.75, 3.05) is 0 Å². The van der Waals surface area contributed by atoms with E-state index in [1.54, 1.807) is 26.8 Å². The number of halogens is 1. The minimum atomic E-state index is -0.714. The molecule has 0 radical (unpaired) electrons. The summed E-state index contributed by atoms with van der Waals surface area (Å²) in [5, 5.41) is 19.1. The predicted octanol–water partition coefficient (Wildman–Crippen LogP) is 3.05. The molecule has 0 aliphatic rings. The van der Waals surface area contributed by atoms with E-state index in [1.807, 2.05) is 6.92 Å². The first kappa shape index (κ1) is 14.5. The molecule has 2 nitrogen and oxygen atoms in total. The Labute approximate surface area is 106 Å². The van der Waals surface area contributed by atoms with Gasteiger partial charge in [-0.1, -0.05) is 6.92 Å². The molecule has 0 heterocycles. The molecule has 17 heavy (non-hydrogen) atoms. The Kier molecular flexibility index (Phi) is 4.98. The van der Waals surface area contributed by atoms with Crippen molar-refractivity contribution in [3.8, 4) is 0 Å². The second kappa shape index (κ2) is 5.85. The highest BCUT2D eigenvalue weighted by atomic mass is 32.2. The normalized spacial score (nSPS) is 16.6. The number of aryl methyl sites for hydroxylation is 1. The summed E-state index contributed by atoms with van der Waals surface area (Å²) in [7, 11) is 0. The van der Waals surface area contributed by atoms with Gasteiger partial charge < -0.3 is 10.2 Å². The van der Waals surface area contributed by atoms with Crippen molar-refractivity contribution in [1.29, 1.82) is 0 Å². The molecule has 0 aliphatic carbocycles. The van der Waals surface area contributed by atoms with Gasteiger partial charge in [0.05, 0.1) is 12.2 Å². The van der Waals surface area contributed by atoms with Gasteiger partial charge >= 0.3 is 0 Å². The Morgan fingerprint density at radius 1 is 1.18 bits per heavy atom. The summed E-state index contributed by atoms with van der Waals surface area (Å²) in [5.74, 6) is -0.310. The van der Waals surface area contributed by atoms with Crippen LogP contribution in [0.25, 0.3) is 0 Å². The molecule has 2 N–H and O–H groups in total. The maximum Gasteiger partial charge on any atom is 0.126 e. The van der Waals surface area contributed by atoms with Gasteiger partial charge in [0.25, 0.3) is 0 Å². The van der Waals surface area contributed by atoms with E-state index in [1.165, 1.54) is 17.8 Å². The average Bonchev–Trinajstić information content (AvgIpc) is 2.22. The first-order chi connectivity index (χ1) is 7.82. The Balaban J connectivity index is 3.08. The third kappa shape index (κ3) is 3.69. The second-order valence-corrected chi connectivity index (χ2v) is 5.80. The molecule has 0 bridgehead atoms. The van der Waals surface area contributed by atoms with Gasteiger partial charge in [0.2, 0.25) is 0 Å². The Hall–Kier alpha value is -0.580. The van der Waals surface area contributed by atoms with Crippen LogP contribution in [0.3, 0.4) is 0 Å². The summed E-state index contributed by atoms with van der Waals surface area (Å²) in [5.41, 5.74) is 1.13. The third-order valence-electron chi connectivity index (χ3n) is 2.73. The maximum atomic E-state index is 13.4. The largest absolute Gasteiger partial charge is 0.392 e. The van der Waals surface area contributed by atoms with Gasteiger partial charge in [0, 0.05) is 10.1 Å². The fraction of sp³-hybridized carbons (Fsp3) is 0.538. The van der Waals surface area contributed by atoms with Crippen LogP contribution in [-0.4, -0.2) is 21.6 Å². The molecule has 0 aromatic heterocycles. The van der Waals surface area contributed by atoms with E-state index >= 15 is 0 Å². The number of aliphatic hydroxyl groups is 2. The van der Waals surface area contributed by atoms with Gasteiger partial charge in [-0.15, -0.1) is 11.8 Å². The van der Waals surface area contributed by atoms with E-state index < -0.39 is 12.2 Å². The second-order valence-electron chi connectivity index (χ2n) is 4.38. The molecule has 0 fully saturated rings. The molecule has 1 aromatic carbocycles.